The Morgan fingerprint density at radius 2 is 2.16 bits per heavy atom. The van der Waals surface area contributed by atoms with E-state index in [9.17, 15) is 9.18 Å². The molecule has 166 valence electrons. The molecular weight excluding hydrogens is 427 g/mol. The van der Waals surface area contributed by atoms with E-state index < -0.39 is 0 Å². The fraction of sp³-hybridized carbons (Fsp3) is 0.360. The van der Waals surface area contributed by atoms with Crippen molar-refractivity contribution in [1.82, 2.24) is 19.8 Å². The van der Waals surface area contributed by atoms with E-state index in [1.807, 2.05) is 22.5 Å². The maximum atomic E-state index is 14.5. The van der Waals surface area contributed by atoms with Gasteiger partial charge in [-0.05, 0) is 68.1 Å². The summed E-state index contributed by atoms with van der Waals surface area (Å²) in [7, 11) is 0. The SMILES string of the molecule is C[C@H](c1ccc(Cl)cc1F)n1cnc2ccc(C3=CCN(C(=O)C4CCCN4)CC3)cc21. The Morgan fingerprint density at radius 1 is 1.28 bits per heavy atom. The molecule has 2 aliphatic rings. The average Bonchev–Trinajstić information content (AvgIpc) is 3.48. The van der Waals surface area contributed by atoms with Crippen LogP contribution in [-0.2, 0) is 4.79 Å². The Morgan fingerprint density at radius 3 is 2.88 bits per heavy atom. The predicted octanol–water partition coefficient (Wildman–Crippen LogP) is 4.81. The van der Waals surface area contributed by atoms with Crippen molar-refractivity contribution >= 4 is 34.1 Å². The molecule has 2 aliphatic heterocycles. The van der Waals surface area contributed by atoms with Gasteiger partial charge in [-0.3, -0.25) is 4.79 Å². The molecule has 3 aromatic rings. The first-order chi connectivity index (χ1) is 15.5. The van der Waals surface area contributed by atoms with E-state index in [0.717, 1.165) is 48.9 Å². The molecule has 2 aromatic carbocycles. The number of benzene rings is 2. The van der Waals surface area contributed by atoms with E-state index in [-0.39, 0.29) is 23.8 Å². The number of imidazole rings is 1. The first-order valence-corrected chi connectivity index (χ1v) is 11.5. The van der Waals surface area contributed by atoms with Gasteiger partial charge in [-0.1, -0.05) is 29.8 Å². The molecule has 5 rings (SSSR count). The highest BCUT2D eigenvalue weighted by Gasteiger charge is 2.28. The van der Waals surface area contributed by atoms with Gasteiger partial charge in [-0.15, -0.1) is 0 Å². The minimum Gasteiger partial charge on any atom is -0.337 e. The zero-order valence-electron chi connectivity index (χ0n) is 18.0. The van der Waals surface area contributed by atoms with Crippen molar-refractivity contribution in [3.63, 3.8) is 0 Å². The molecule has 32 heavy (non-hydrogen) atoms. The van der Waals surface area contributed by atoms with Gasteiger partial charge < -0.3 is 14.8 Å². The zero-order chi connectivity index (χ0) is 22.2. The minimum absolute atomic E-state index is 0.0228. The van der Waals surface area contributed by atoms with Crippen molar-refractivity contribution in [2.45, 2.75) is 38.3 Å². The third kappa shape index (κ3) is 3.93. The Balaban J connectivity index is 1.40. The molecule has 1 saturated heterocycles. The number of amides is 1. The van der Waals surface area contributed by atoms with Gasteiger partial charge in [0.2, 0.25) is 5.91 Å². The van der Waals surface area contributed by atoms with E-state index in [4.69, 9.17) is 11.6 Å². The maximum Gasteiger partial charge on any atom is 0.239 e. The predicted molar refractivity (Wildman–Crippen MR) is 125 cm³/mol. The fourth-order valence-electron chi connectivity index (χ4n) is 4.77. The molecule has 1 unspecified atom stereocenters. The van der Waals surface area contributed by atoms with E-state index in [2.05, 4.69) is 28.5 Å². The van der Waals surface area contributed by atoms with Gasteiger partial charge in [0.1, 0.15) is 5.82 Å². The highest BCUT2D eigenvalue weighted by atomic mass is 35.5. The van der Waals surface area contributed by atoms with E-state index in [1.165, 1.54) is 11.6 Å². The molecule has 3 heterocycles. The first-order valence-electron chi connectivity index (χ1n) is 11.1. The maximum absolute atomic E-state index is 14.5. The largest absolute Gasteiger partial charge is 0.337 e. The summed E-state index contributed by atoms with van der Waals surface area (Å²) in [5, 5.41) is 3.68. The van der Waals surface area contributed by atoms with Crippen LogP contribution in [0.3, 0.4) is 0 Å². The third-order valence-electron chi connectivity index (χ3n) is 6.65. The van der Waals surface area contributed by atoms with Gasteiger partial charge in [-0.25, -0.2) is 9.37 Å². The third-order valence-corrected chi connectivity index (χ3v) is 6.89. The van der Waals surface area contributed by atoms with Crippen LogP contribution in [0.5, 0.6) is 0 Å². The van der Waals surface area contributed by atoms with Gasteiger partial charge in [-0.2, -0.15) is 0 Å². The number of hydrogen-bond donors (Lipinski definition) is 1. The molecule has 1 fully saturated rings. The van der Waals surface area contributed by atoms with Crippen molar-refractivity contribution in [3.8, 4) is 0 Å². The molecule has 0 saturated carbocycles. The summed E-state index contributed by atoms with van der Waals surface area (Å²) < 4.78 is 16.5. The monoisotopic (exact) mass is 452 g/mol. The lowest BCUT2D eigenvalue weighted by Gasteiger charge is -2.29. The standard InChI is InChI=1S/C25H26ClFN4O/c1-16(20-6-5-19(26)14-21(20)27)31-15-29-22-7-4-18(13-24(22)31)17-8-11-30(12-9-17)25(32)23-3-2-10-28-23/h4-8,13-16,23,28H,2-3,9-12H2,1H3/t16-,23?/m1/s1. The van der Waals surface area contributed by atoms with Crippen molar-refractivity contribution in [1.29, 1.82) is 0 Å². The van der Waals surface area contributed by atoms with Crippen molar-refractivity contribution in [3.05, 3.63) is 70.8 Å². The molecule has 2 atom stereocenters. The van der Waals surface area contributed by atoms with Crippen LogP contribution in [0, 0.1) is 5.82 Å². The number of fused-ring (bicyclic) bond motifs is 1. The number of hydrogen-bond acceptors (Lipinski definition) is 3. The van der Waals surface area contributed by atoms with Crippen LogP contribution in [-0.4, -0.2) is 46.0 Å². The molecule has 0 radical (unpaired) electrons. The summed E-state index contributed by atoms with van der Waals surface area (Å²) in [4.78, 5) is 19.1. The van der Waals surface area contributed by atoms with Gasteiger partial charge in [0.15, 0.2) is 0 Å². The van der Waals surface area contributed by atoms with Gasteiger partial charge in [0.05, 0.1) is 29.4 Å². The van der Waals surface area contributed by atoms with Gasteiger partial charge >= 0.3 is 0 Å². The number of nitrogens with one attached hydrogen (secondary N) is 1. The Labute approximate surface area is 191 Å². The second-order valence-corrected chi connectivity index (χ2v) is 9.05. The summed E-state index contributed by atoms with van der Waals surface area (Å²) in [6, 6.07) is 10.7. The summed E-state index contributed by atoms with van der Waals surface area (Å²) >= 11 is 5.92. The number of nitrogens with zero attached hydrogens (tertiary/aromatic N) is 3. The second-order valence-electron chi connectivity index (χ2n) is 8.61. The summed E-state index contributed by atoms with van der Waals surface area (Å²) in [6.45, 7) is 4.25. The lowest BCUT2D eigenvalue weighted by Crippen LogP contribution is -2.45. The smallest absolute Gasteiger partial charge is 0.239 e. The molecule has 0 aliphatic carbocycles. The molecule has 5 nitrogen and oxygen atoms in total. The highest BCUT2D eigenvalue weighted by molar-refractivity contribution is 6.30. The summed E-state index contributed by atoms with van der Waals surface area (Å²) in [5.74, 6) is -0.107. The van der Waals surface area contributed by atoms with E-state index >= 15 is 0 Å². The van der Waals surface area contributed by atoms with Gasteiger partial charge in [0.25, 0.3) is 0 Å². The number of carbonyl (C=O) groups is 1. The molecule has 7 heteroatoms. The lowest BCUT2D eigenvalue weighted by atomic mass is 9.98. The molecule has 0 spiro atoms. The summed E-state index contributed by atoms with van der Waals surface area (Å²) in [5.41, 5.74) is 4.75. The summed E-state index contributed by atoms with van der Waals surface area (Å²) in [6.07, 6.45) is 6.73. The first kappa shape index (κ1) is 21.2. The minimum atomic E-state index is -0.320. The molecule has 1 amide bonds. The molecule has 0 bridgehead atoms. The zero-order valence-corrected chi connectivity index (χ0v) is 18.8. The number of halogens is 2. The molecular formula is C25H26ClFN4O. The second kappa shape index (κ2) is 8.68. The Kier molecular flexibility index (Phi) is 5.74. The van der Waals surface area contributed by atoms with Crippen LogP contribution in [0.2, 0.25) is 5.02 Å². The number of aromatic nitrogens is 2. The number of carbonyl (C=O) groups excluding carboxylic acids is 1. The molecule has 1 N–H and O–H groups in total. The Hall–Kier alpha value is -2.70. The van der Waals surface area contributed by atoms with Crippen LogP contribution in [0.1, 0.15) is 43.4 Å². The van der Waals surface area contributed by atoms with Crippen molar-refractivity contribution in [2.75, 3.05) is 19.6 Å². The van der Waals surface area contributed by atoms with Crippen molar-refractivity contribution in [2.24, 2.45) is 0 Å². The van der Waals surface area contributed by atoms with Crippen molar-refractivity contribution < 1.29 is 9.18 Å². The fourth-order valence-corrected chi connectivity index (χ4v) is 4.93. The molecule has 1 aromatic heterocycles. The number of rotatable bonds is 4. The van der Waals surface area contributed by atoms with E-state index in [1.54, 1.807) is 18.5 Å². The van der Waals surface area contributed by atoms with Gasteiger partial charge in [0, 0.05) is 23.7 Å². The van der Waals surface area contributed by atoms with Crippen LogP contribution in [0.15, 0.2) is 48.8 Å². The van der Waals surface area contributed by atoms with Crippen LogP contribution >= 0.6 is 11.6 Å². The van der Waals surface area contributed by atoms with Crippen LogP contribution < -0.4 is 5.32 Å². The van der Waals surface area contributed by atoms with Crippen LogP contribution in [0.25, 0.3) is 16.6 Å². The average molecular weight is 453 g/mol. The Bertz CT molecular complexity index is 1200. The normalized spacial score (nSPS) is 19.9. The van der Waals surface area contributed by atoms with E-state index in [0.29, 0.717) is 17.1 Å². The lowest BCUT2D eigenvalue weighted by molar-refractivity contribution is -0.132. The van der Waals surface area contributed by atoms with Crippen LogP contribution in [0.4, 0.5) is 4.39 Å². The quantitative estimate of drug-likeness (QED) is 0.618. The highest BCUT2D eigenvalue weighted by Crippen LogP contribution is 2.30. The topological polar surface area (TPSA) is 50.2 Å².